The lowest BCUT2D eigenvalue weighted by molar-refractivity contribution is 0.125. The van der Waals surface area contributed by atoms with E-state index in [0.29, 0.717) is 11.5 Å². The summed E-state index contributed by atoms with van der Waals surface area (Å²) in [6, 6.07) is 14.9. The van der Waals surface area contributed by atoms with Crippen molar-refractivity contribution in [2.45, 2.75) is 42.4 Å². The van der Waals surface area contributed by atoms with Gasteiger partial charge in [-0.05, 0) is 38.5 Å². The van der Waals surface area contributed by atoms with Gasteiger partial charge in [0.05, 0.1) is 22.3 Å². The predicted octanol–water partition coefficient (Wildman–Crippen LogP) is 2.98. The van der Waals surface area contributed by atoms with E-state index in [-0.39, 0.29) is 12.5 Å². The molecule has 134 valence electrons. The van der Waals surface area contributed by atoms with Crippen LogP contribution in [0.5, 0.6) is 0 Å². The summed E-state index contributed by atoms with van der Waals surface area (Å²) in [6.45, 7) is 6.57. The molecule has 2 aromatic carbocycles. The number of hydrogen-bond acceptors (Lipinski definition) is 4. The molecule has 0 saturated heterocycles. The summed E-state index contributed by atoms with van der Waals surface area (Å²) >= 11 is 0. The van der Waals surface area contributed by atoms with Crippen molar-refractivity contribution in [3.63, 3.8) is 0 Å². The third kappa shape index (κ3) is 3.24. The second-order valence-electron chi connectivity index (χ2n) is 6.92. The van der Waals surface area contributed by atoms with Gasteiger partial charge in [0, 0.05) is 12.5 Å². The normalized spacial score (nSPS) is 25.8. The van der Waals surface area contributed by atoms with Gasteiger partial charge >= 0.3 is 0 Å². The van der Waals surface area contributed by atoms with Crippen molar-refractivity contribution in [3.8, 4) is 0 Å². The Hall–Kier alpha value is -1.69. The summed E-state index contributed by atoms with van der Waals surface area (Å²) in [5.41, 5.74) is 8.76. The number of sulfone groups is 1. The van der Waals surface area contributed by atoms with E-state index in [9.17, 15) is 8.42 Å². The second-order valence-corrected chi connectivity index (χ2v) is 8.99. The number of aryl methyl sites for hydroxylation is 2. The van der Waals surface area contributed by atoms with Crippen LogP contribution in [0, 0.1) is 13.8 Å². The van der Waals surface area contributed by atoms with Gasteiger partial charge in [-0.2, -0.15) is 0 Å². The molecular formula is C20H25NO3S. The molecular weight excluding hydrogens is 334 g/mol. The van der Waals surface area contributed by atoms with Crippen LogP contribution in [0.4, 0.5) is 0 Å². The number of hydrogen-bond donors (Lipinski definition) is 1. The van der Waals surface area contributed by atoms with Gasteiger partial charge in [0.2, 0.25) is 0 Å². The molecule has 0 aliphatic heterocycles. The Morgan fingerprint density at radius 3 is 2.04 bits per heavy atom. The fraction of sp³-hybridized carbons (Fsp3) is 0.400. The fourth-order valence-electron chi connectivity index (χ4n) is 3.48. The highest BCUT2D eigenvalue weighted by Gasteiger charge is 2.69. The molecule has 4 nitrogen and oxygen atoms in total. The summed E-state index contributed by atoms with van der Waals surface area (Å²) < 4.78 is 31.9. The Balaban J connectivity index is 1.99. The van der Waals surface area contributed by atoms with Gasteiger partial charge < -0.3 is 10.5 Å². The van der Waals surface area contributed by atoms with Gasteiger partial charge in [-0.3, -0.25) is 0 Å². The number of ether oxygens (including phenoxy) is 1. The smallest absolute Gasteiger partial charge is 0.183 e. The van der Waals surface area contributed by atoms with Gasteiger partial charge in [-0.25, -0.2) is 8.42 Å². The van der Waals surface area contributed by atoms with Crippen LogP contribution in [0.2, 0.25) is 0 Å². The van der Waals surface area contributed by atoms with E-state index >= 15 is 0 Å². The lowest BCUT2D eigenvalue weighted by Gasteiger charge is -2.12. The van der Waals surface area contributed by atoms with Crippen LogP contribution in [-0.4, -0.2) is 32.4 Å². The van der Waals surface area contributed by atoms with Crippen LogP contribution in [0.1, 0.15) is 29.5 Å². The van der Waals surface area contributed by atoms with E-state index in [1.165, 1.54) is 0 Å². The molecule has 0 aromatic heterocycles. The van der Waals surface area contributed by atoms with E-state index < -0.39 is 20.6 Å². The van der Waals surface area contributed by atoms with E-state index in [1.807, 2.05) is 57.2 Å². The molecule has 1 saturated carbocycles. The summed E-state index contributed by atoms with van der Waals surface area (Å²) in [4.78, 5) is 0.323. The molecule has 0 radical (unpaired) electrons. The molecule has 3 atom stereocenters. The molecule has 3 rings (SSSR count). The maximum absolute atomic E-state index is 13.2. The molecule has 1 aliphatic rings. The van der Waals surface area contributed by atoms with E-state index in [0.717, 1.165) is 16.7 Å². The topological polar surface area (TPSA) is 69.4 Å². The highest BCUT2D eigenvalue weighted by atomic mass is 32.2. The molecule has 5 heteroatoms. The van der Waals surface area contributed by atoms with Crippen LogP contribution >= 0.6 is 0 Å². The minimum Gasteiger partial charge on any atom is -0.380 e. The Labute approximate surface area is 149 Å². The molecule has 0 amide bonds. The summed E-state index contributed by atoms with van der Waals surface area (Å²) in [7, 11) is -3.53. The molecule has 0 heterocycles. The third-order valence-corrected chi connectivity index (χ3v) is 7.29. The minimum atomic E-state index is -3.53. The average molecular weight is 359 g/mol. The predicted molar refractivity (Wildman–Crippen MR) is 99.5 cm³/mol. The molecule has 1 aliphatic carbocycles. The van der Waals surface area contributed by atoms with Crippen molar-refractivity contribution in [3.05, 3.63) is 65.2 Å². The molecule has 1 fully saturated rings. The maximum atomic E-state index is 13.2. The average Bonchev–Trinajstić information content (AvgIpc) is 3.21. The van der Waals surface area contributed by atoms with Crippen molar-refractivity contribution in [1.29, 1.82) is 0 Å². The van der Waals surface area contributed by atoms with E-state index in [4.69, 9.17) is 10.5 Å². The number of benzene rings is 2. The Bertz CT molecular complexity index is 844. The van der Waals surface area contributed by atoms with Crippen molar-refractivity contribution < 1.29 is 13.2 Å². The van der Waals surface area contributed by atoms with Gasteiger partial charge in [0.15, 0.2) is 9.84 Å². The van der Waals surface area contributed by atoms with Crippen molar-refractivity contribution in [2.75, 3.05) is 13.2 Å². The zero-order valence-electron chi connectivity index (χ0n) is 14.9. The fourth-order valence-corrected chi connectivity index (χ4v) is 5.77. The zero-order valence-corrected chi connectivity index (χ0v) is 15.7. The molecule has 0 bridgehead atoms. The first kappa shape index (κ1) is 18.1. The molecule has 0 spiro atoms. The molecule has 25 heavy (non-hydrogen) atoms. The van der Waals surface area contributed by atoms with E-state index in [1.54, 1.807) is 12.1 Å². The molecule has 2 N–H and O–H groups in total. The van der Waals surface area contributed by atoms with E-state index in [2.05, 4.69) is 0 Å². The first-order chi connectivity index (χ1) is 11.8. The van der Waals surface area contributed by atoms with Crippen LogP contribution in [0.25, 0.3) is 0 Å². The van der Waals surface area contributed by atoms with Crippen molar-refractivity contribution >= 4 is 9.84 Å². The highest BCUT2D eigenvalue weighted by Crippen LogP contribution is 2.55. The zero-order chi connectivity index (χ0) is 18.2. The first-order valence-electron chi connectivity index (χ1n) is 8.54. The Morgan fingerprint density at radius 2 is 1.52 bits per heavy atom. The van der Waals surface area contributed by atoms with Crippen LogP contribution in [0.15, 0.2) is 53.4 Å². The monoisotopic (exact) mass is 359 g/mol. The Morgan fingerprint density at radius 1 is 1.00 bits per heavy atom. The largest absolute Gasteiger partial charge is 0.380 e. The minimum absolute atomic E-state index is 0.234. The van der Waals surface area contributed by atoms with Crippen LogP contribution in [0.3, 0.4) is 0 Å². The third-order valence-electron chi connectivity index (χ3n) is 4.98. The standard InChI is InChI=1S/C20H25NO3S/c1-4-24-13-20(21)18(16-9-5-14(2)6-10-16)19(20)25(22,23)17-11-7-15(3)8-12-17/h5-12,18-19H,4,13,21H2,1-3H3/t18-,19+,20-/m1/s1. The summed E-state index contributed by atoms with van der Waals surface area (Å²) in [5, 5.41) is -0.669. The Kier molecular flexibility index (Phi) is 4.75. The summed E-state index contributed by atoms with van der Waals surface area (Å²) in [6.07, 6.45) is 0. The van der Waals surface area contributed by atoms with Crippen LogP contribution in [-0.2, 0) is 14.6 Å². The number of rotatable bonds is 6. The highest BCUT2D eigenvalue weighted by molar-refractivity contribution is 7.92. The van der Waals surface area contributed by atoms with Gasteiger partial charge in [0.25, 0.3) is 0 Å². The molecule has 0 unspecified atom stereocenters. The van der Waals surface area contributed by atoms with Crippen molar-refractivity contribution in [2.24, 2.45) is 5.73 Å². The molecule has 2 aromatic rings. The SMILES string of the molecule is CCOC[C@@]1(N)[C@H](c2ccc(C)cc2)[C@@H]1S(=O)(=O)c1ccc(C)cc1. The van der Waals surface area contributed by atoms with Gasteiger partial charge in [-0.15, -0.1) is 0 Å². The summed E-state index contributed by atoms with van der Waals surface area (Å²) in [5.74, 6) is -0.258. The number of nitrogens with two attached hydrogens (primary N) is 1. The lowest BCUT2D eigenvalue weighted by Crippen LogP contribution is -2.36. The lowest BCUT2D eigenvalue weighted by atomic mass is 10.1. The maximum Gasteiger partial charge on any atom is 0.183 e. The van der Waals surface area contributed by atoms with Crippen molar-refractivity contribution in [1.82, 2.24) is 0 Å². The first-order valence-corrected chi connectivity index (χ1v) is 10.1. The van der Waals surface area contributed by atoms with Gasteiger partial charge in [0.1, 0.15) is 0 Å². The quantitative estimate of drug-likeness (QED) is 0.861. The van der Waals surface area contributed by atoms with Gasteiger partial charge in [-0.1, -0.05) is 47.5 Å². The second kappa shape index (κ2) is 6.56. The van der Waals surface area contributed by atoms with Crippen LogP contribution < -0.4 is 5.73 Å².